The highest BCUT2D eigenvalue weighted by Gasteiger charge is 2.32. The number of hydrogen-bond acceptors (Lipinski definition) is 4. The van der Waals surface area contributed by atoms with Gasteiger partial charge in [-0.1, -0.05) is 48.0 Å². The first-order chi connectivity index (χ1) is 13.8. The summed E-state index contributed by atoms with van der Waals surface area (Å²) < 4.78 is 0. The molecule has 0 radical (unpaired) electrons. The van der Waals surface area contributed by atoms with Crippen LogP contribution in [0.15, 0.2) is 59.9 Å². The van der Waals surface area contributed by atoms with Crippen LogP contribution >= 0.6 is 11.6 Å². The maximum atomic E-state index is 12.6. The predicted octanol–water partition coefficient (Wildman–Crippen LogP) is 2.75. The van der Waals surface area contributed by atoms with Crippen LogP contribution < -0.4 is 5.32 Å². The highest BCUT2D eigenvalue weighted by Crippen LogP contribution is 2.24. The third-order valence-corrected chi connectivity index (χ3v) is 4.79. The maximum Gasteiger partial charge on any atom is 0.322 e. The summed E-state index contributed by atoms with van der Waals surface area (Å²) in [4.78, 5) is 36.8. The molecule has 1 aliphatic heterocycles. The number of carboxylic acid groups (broad SMARTS) is 1. The third kappa shape index (κ3) is 4.94. The van der Waals surface area contributed by atoms with E-state index >= 15 is 0 Å². The molecular formula is C21H19ClN2O5. The summed E-state index contributed by atoms with van der Waals surface area (Å²) in [6, 6.07) is 15.1. The van der Waals surface area contributed by atoms with Crippen LogP contribution in [-0.2, 0) is 20.9 Å². The molecule has 0 saturated carbocycles. The SMILES string of the molecule is O=C(O)CNC(=O)C1=C(O)CCN(Cc2ccc(-c3ccc(Cl)cc3)cc2)C1=O. The second-order valence-electron chi connectivity index (χ2n) is 6.58. The van der Waals surface area contributed by atoms with Crippen LogP contribution in [0.1, 0.15) is 12.0 Å². The first-order valence-corrected chi connectivity index (χ1v) is 9.29. The van der Waals surface area contributed by atoms with Crippen molar-refractivity contribution < 1.29 is 24.6 Å². The molecule has 8 heteroatoms. The Labute approximate surface area is 172 Å². The number of halogens is 1. The average Bonchev–Trinajstić information content (AvgIpc) is 2.70. The lowest BCUT2D eigenvalue weighted by Gasteiger charge is -2.28. The molecule has 2 amide bonds. The minimum absolute atomic E-state index is 0.129. The maximum absolute atomic E-state index is 12.6. The molecule has 0 bridgehead atoms. The normalized spacial score (nSPS) is 14.1. The fraction of sp³-hybridized carbons (Fsp3) is 0.190. The average molecular weight is 415 g/mol. The number of benzene rings is 2. The molecule has 0 fully saturated rings. The van der Waals surface area contributed by atoms with E-state index in [4.69, 9.17) is 16.7 Å². The smallest absolute Gasteiger partial charge is 0.322 e. The van der Waals surface area contributed by atoms with Crippen molar-refractivity contribution in [2.75, 3.05) is 13.1 Å². The van der Waals surface area contributed by atoms with E-state index in [9.17, 15) is 19.5 Å². The minimum Gasteiger partial charge on any atom is -0.511 e. The van der Waals surface area contributed by atoms with Gasteiger partial charge in [-0.15, -0.1) is 0 Å². The van der Waals surface area contributed by atoms with Crippen molar-refractivity contribution >= 4 is 29.4 Å². The van der Waals surface area contributed by atoms with E-state index in [-0.39, 0.29) is 25.3 Å². The van der Waals surface area contributed by atoms with Gasteiger partial charge >= 0.3 is 5.97 Å². The molecule has 3 N–H and O–H groups in total. The largest absolute Gasteiger partial charge is 0.511 e. The van der Waals surface area contributed by atoms with Gasteiger partial charge in [0.1, 0.15) is 17.9 Å². The van der Waals surface area contributed by atoms with Gasteiger partial charge in [0, 0.05) is 24.5 Å². The van der Waals surface area contributed by atoms with Crippen LogP contribution in [0.3, 0.4) is 0 Å². The van der Waals surface area contributed by atoms with Gasteiger partial charge in [-0.2, -0.15) is 0 Å². The second-order valence-corrected chi connectivity index (χ2v) is 7.02. The first-order valence-electron chi connectivity index (χ1n) is 8.91. The van der Waals surface area contributed by atoms with Crippen LogP contribution in [0.25, 0.3) is 11.1 Å². The molecule has 29 heavy (non-hydrogen) atoms. The zero-order valence-electron chi connectivity index (χ0n) is 15.4. The van der Waals surface area contributed by atoms with E-state index in [1.807, 2.05) is 48.5 Å². The molecular weight excluding hydrogens is 396 g/mol. The summed E-state index contributed by atoms with van der Waals surface area (Å²) in [5.41, 5.74) is 2.47. The van der Waals surface area contributed by atoms with E-state index in [0.717, 1.165) is 16.7 Å². The Kier molecular flexibility index (Phi) is 6.19. The highest BCUT2D eigenvalue weighted by atomic mass is 35.5. The summed E-state index contributed by atoms with van der Waals surface area (Å²) >= 11 is 5.91. The molecule has 0 spiro atoms. The number of aliphatic carboxylic acids is 1. The van der Waals surface area contributed by atoms with Crippen molar-refractivity contribution in [2.45, 2.75) is 13.0 Å². The van der Waals surface area contributed by atoms with Gasteiger partial charge in [-0.25, -0.2) is 0 Å². The molecule has 0 aliphatic carbocycles. The number of aliphatic hydroxyl groups excluding tert-OH is 1. The number of amides is 2. The number of aliphatic hydroxyl groups is 1. The molecule has 1 aliphatic rings. The Balaban J connectivity index is 1.70. The fourth-order valence-corrected chi connectivity index (χ4v) is 3.16. The Morgan fingerprint density at radius 1 is 1.03 bits per heavy atom. The van der Waals surface area contributed by atoms with Gasteiger partial charge in [-0.3, -0.25) is 14.4 Å². The first kappa shape index (κ1) is 20.4. The quantitative estimate of drug-likeness (QED) is 0.630. The van der Waals surface area contributed by atoms with Gasteiger partial charge in [0.05, 0.1) is 0 Å². The number of rotatable bonds is 6. The molecule has 0 unspecified atom stereocenters. The van der Waals surface area contributed by atoms with E-state index in [2.05, 4.69) is 5.32 Å². The van der Waals surface area contributed by atoms with Crippen LogP contribution in [0, 0.1) is 0 Å². The Hall–Kier alpha value is -3.32. The molecule has 2 aromatic carbocycles. The number of nitrogens with zero attached hydrogens (tertiary/aromatic N) is 1. The predicted molar refractivity (Wildman–Crippen MR) is 107 cm³/mol. The lowest BCUT2D eigenvalue weighted by molar-refractivity contribution is -0.138. The third-order valence-electron chi connectivity index (χ3n) is 4.54. The Morgan fingerprint density at radius 3 is 2.21 bits per heavy atom. The van der Waals surface area contributed by atoms with Gasteiger partial charge in [0.25, 0.3) is 11.8 Å². The standard InChI is InChI=1S/C21H19ClN2O5/c22-16-7-5-15(6-8-16)14-3-1-13(2-4-14)12-24-10-9-17(25)19(21(24)29)20(28)23-11-18(26)27/h1-8,25H,9-12H2,(H,23,28)(H,26,27). The number of carbonyl (C=O) groups is 3. The van der Waals surface area contributed by atoms with Gasteiger partial charge < -0.3 is 20.4 Å². The Bertz CT molecular complexity index is 968. The number of nitrogens with one attached hydrogen (secondary N) is 1. The molecule has 0 aromatic heterocycles. The van der Waals surface area contributed by atoms with E-state index in [1.54, 1.807) is 0 Å². The van der Waals surface area contributed by atoms with Crippen LogP contribution in [0.5, 0.6) is 0 Å². The zero-order valence-corrected chi connectivity index (χ0v) is 16.1. The van der Waals surface area contributed by atoms with E-state index in [0.29, 0.717) is 5.02 Å². The summed E-state index contributed by atoms with van der Waals surface area (Å²) in [5, 5.41) is 21.4. The van der Waals surface area contributed by atoms with E-state index < -0.39 is 29.9 Å². The minimum atomic E-state index is -1.24. The topological polar surface area (TPSA) is 107 Å². The van der Waals surface area contributed by atoms with Crippen molar-refractivity contribution in [1.29, 1.82) is 0 Å². The molecule has 150 valence electrons. The summed E-state index contributed by atoms with van der Waals surface area (Å²) in [6.07, 6.45) is 0.129. The molecule has 7 nitrogen and oxygen atoms in total. The van der Waals surface area contributed by atoms with Crippen molar-refractivity contribution in [3.63, 3.8) is 0 Å². The number of carboxylic acids is 1. The van der Waals surface area contributed by atoms with Gasteiger partial charge in [-0.05, 0) is 28.8 Å². The Morgan fingerprint density at radius 2 is 1.62 bits per heavy atom. The van der Waals surface area contributed by atoms with Crippen molar-refractivity contribution in [3.8, 4) is 11.1 Å². The fourth-order valence-electron chi connectivity index (χ4n) is 3.04. The van der Waals surface area contributed by atoms with Crippen molar-refractivity contribution in [3.05, 3.63) is 70.4 Å². The summed E-state index contributed by atoms with van der Waals surface area (Å²) in [5.74, 6) is -3.08. The molecule has 2 aromatic rings. The van der Waals surface area contributed by atoms with Crippen LogP contribution in [0.2, 0.25) is 5.02 Å². The van der Waals surface area contributed by atoms with Crippen molar-refractivity contribution in [1.82, 2.24) is 10.2 Å². The molecule has 0 atom stereocenters. The monoisotopic (exact) mass is 414 g/mol. The summed E-state index contributed by atoms with van der Waals surface area (Å²) in [7, 11) is 0. The highest BCUT2D eigenvalue weighted by molar-refractivity contribution is 6.30. The van der Waals surface area contributed by atoms with Crippen LogP contribution in [0.4, 0.5) is 0 Å². The zero-order chi connectivity index (χ0) is 21.0. The summed E-state index contributed by atoms with van der Waals surface area (Å²) in [6.45, 7) is -0.100. The van der Waals surface area contributed by atoms with Gasteiger partial charge in [0.2, 0.25) is 0 Å². The van der Waals surface area contributed by atoms with Gasteiger partial charge in [0.15, 0.2) is 0 Å². The van der Waals surface area contributed by atoms with Crippen LogP contribution in [-0.4, -0.2) is 46.0 Å². The molecule has 0 saturated heterocycles. The van der Waals surface area contributed by atoms with Crippen molar-refractivity contribution in [2.24, 2.45) is 0 Å². The van der Waals surface area contributed by atoms with E-state index in [1.165, 1.54) is 4.90 Å². The lowest BCUT2D eigenvalue weighted by atomic mass is 10.0. The molecule has 1 heterocycles. The number of hydrogen-bond donors (Lipinski definition) is 3. The number of carbonyl (C=O) groups excluding carboxylic acids is 2. The second kappa shape index (κ2) is 8.79. The molecule has 3 rings (SSSR count). The lowest BCUT2D eigenvalue weighted by Crippen LogP contribution is -2.43.